The molecule has 1 aliphatic heterocycles. The van der Waals surface area contributed by atoms with Gasteiger partial charge in [-0.3, -0.25) is 10.6 Å². The molecule has 0 aromatic rings. The first-order valence-electron chi connectivity index (χ1n) is 4.03. The Morgan fingerprint density at radius 2 is 2.45 bits per heavy atom. The third-order valence-electron chi connectivity index (χ3n) is 1.82. The zero-order valence-corrected chi connectivity index (χ0v) is 6.75. The molecular formula is C7H16N2O2. The highest BCUT2D eigenvalue weighted by molar-refractivity contribution is 4.81. The molecule has 4 N–H and O–H groups in total. The molecule has 0 aliphatic carbocycles. The number of aliphatic hydroxyl groups is 2. The van der Waals surface area contributed by atoms with Crippen molar-refractivity contribution in [1.82, 2.24) is 10.6 Å². The lowest BCUT2D eigenvalue weighted by atomic mass is 10.2. The normalized spacial score (nSPS) is 34.1. The fourth-order valence-corrected chi connectivity index (χ4v) is 1.20. The van der Waals surface area contributed by atoms with Crippen LogP contribution in [0.3, 0.4) is 0 Å². The van der Waals surface area contributed by atoms with Crippen molar-refractivity contribution in [2.24, 2.45) is 0 Å². The molecule has 0 amide bonds. The lowest BCUT2D eigenvalue weighted by Gasteiger charge is -2.17. The van der Waals surface area contributed by atoms with Crippen molar-refractivity contribution in [3.63, 3.8) is 0 Å². The van der Waals surface area contributed by atoms with Gasteiger partial charge in [-0.2, -0.15) is 0 Å². The van der Waals surface area contributed by atoms with Gasteiger partial charge in [-0.15, -0.1) is 0 Å². The zero-order valence-electron chi connectivity index (χ0n) is 6.75. The Bertz CT molecular complexity index is 119. The molecule has 0 aromatic heterocycles. The third-order valence-corrected chi connectivity index (χ3v) is 1.82. The molecular weight excluding hydrogens is 144 g/mol. The van der Waals surface area contributed by atoms with E-state index in [4.69, 9.17) is 5.11 Å². The highest BCUT2D eigenvalue weighted by Crippen LogP contribution is 2.02. The Morgan fingerprint density at radius 3 is 2.91 bits per heavy atom. The summed E-state index contributed by atoms with van der Waals surface area (Å²) in [6, 6.07) is 0. The first-order valence-corrected chi connectivity index (χ1v) is 4.03. The second-order valence-corrected chi connectivity index (χ2v) is 3.05. The molecule has 66 valence electrons. The Kier molecular flexibility index (Phi) is 3.26. The minimum atomic E-state index is -0.357. The molecule has 11 heavy (non-hydrogen) atoms. The van der Waals surface area contributed by atoms with E-state index in [-0.39, 0.29) is 18.4 Å². The Balaban J connectivity index is 2.15. The van der Waals surface area contributed by atoms with Gasteiger partial charge < -0.3 is 10.2 Å². The van der Waals surface area contributed by atoms with Gasteiger partial charge in [0.25, 0.3) is 0 Å². The summed E-state index contributed by atoms with van der Waals surface area (Å²) in [4.78, 5) is 0. The van der Waals surface area contributed by atoms with Crippen LogP contribution < -0.4 is 10.6 Å². The Labute approximate surface area is 66.6 Å². The van der Waals surface area contributed by atoms with Gasteiger partial charge in [0.05, 0.1) is 18.4 Å². The summed E-state index contributed by atoms with van der Waals surface area (Å²) in [7, 11) is 0. The predicted molar refractivity (Wildman–Crippen MR) is 42.1 cm³/mol. The third kappa shape index (κ3) is 2.75. The molecule has 1 unspecified atom stereocenters. The van der Waals surface area contributed by atoms with Crippen LogP contribution in [0.2, 0.25) is 0 Å². The standard InChI is InChI=1S/C7H16N2O2/c1-5(10)4-9-7-6(11)2-3-8-7/h5-11H,2-4H2,1H3/t5-,6+,7?/m0/s1. The van der Waals surface area contributed by atoms with Crippen LogP contribution in [-0.2, 0) is 0 Å². The van der Waals surface area contributed by atoms with Gasteiger partial charge in [0, 0.05) is 6.54 Å². The molecule has 4 heteroatoms. The Morgan fingerprint density at radius 1 is 1.73 bits per heavy atom. The van der Waals surface area contributed by atoms with Crippen LogP contribution in [0.4, 0.5) is 0 Å². The van der Waals surface area contributed by atoms with Crippen LogP contribution in [-0.4, -0.2) is 41.7 Å². The maximum Gasteiger partial charge on any atom is 0.0841 e. The fraction of sp³-hybridized carbons (Fsp3) is 1.00. The molecule has 1 heterocycles. The summed E-state index contributed by atoms with van der Waals surface area (Å²) in [5.41, 5.74) is 0. The van der Waals surface area contributed by atoms with Gasteiger partial charge in [0.1, 0.15) is 0 Å². The number of rotatable bonds is 3. The molecule has 4 nitrogen and oxygen atoms in total. The van der Waals surface area contributed by atoms with E-state index < -0.39 is 0 Å². The molecule has 0 spiro atoms. The molecule has 0 saturated carbocycles. The van der Waals surface area contributed by atoms with Crippen LogP contribution in [0.1, 0.15) is 13.3 Å². The van der Waals surface area contributed by atoms with Crippen molar-refractivity contribution in [1.29, 1.82) is 0 Å². The quantitative estimate of drug-likeness (QED) is 0.411. The van der Waals surface area contributed by atoms with Gasteiger partial charge >= 0.3 is 0 Å². The molecule has 1 fully saturated rings. The fourth-order valence-electron chi connectivity index (χ4n) is 1.20. The van der Waals surface area contributed by atoms with Crippen molar-refractivity contribution >= 4 is 0 Å². The van der Waals surface area contributed by atoms with Crippen molar-refractivity contribution in [3.8, 4) is 0 Å². The molecule has 1 aliphatic rings. The van der Waals surface area contributed by atoms with E-state index in [0.717, 1.165) is 13.0 Å². The average molecular weight is 160 g/mol. The topological polar surface area (TPSA) is 64.5 Å². The van der Waals surface area contributed by atoms with Crippen molar-refractivity contribution in [2.75, 3.05) is 13.1 Å². The lowest BCUT2D eigenvalue weighted by molar-refractivity contribution is 0.127. The summed E-state index contributed by atoms with van der Waals surface area (Å²) < 4.78 is 0. The largest absolute Gasteiger partial charge is 0.392 e. The van der Waals surface area contributed by atoms with Crippen LogP contribution in [0.25, 0.3) is 0 Å². The summed E-state index contributed by atoms with van der Waals surface area (Å²) >= 11 is 0. The minimum absolute atomic E-state index is 0.0374. The van der Waals surface area contributed by atoms with E-state index in [1.807, 2.05) is 0 Å². The molecule has 3 atom stereocenters. The number of nitrogens with one attached hydrogen (secondary N) is 2. The van der Waals surface area contributed by atoms with Gasteiger partial charge in [0.2, 0.25) is 0 Å². The van der Waals surface area contributed by atoms with E-state index in [1.54, 1.807) is 6.92 Å². The molecule has 0 radical (unpaired) electrons. The van der Waals surface area contributed by atoms with Crippen molar-refractivity contribution < 1.29 is 10.2 Å². The first-order chi connectivity index (χ1) is 5.20. The highest BCUT2D eigenvalue weighted by Gasteiger charge is 2.23. The van der Waals surface area contributed by atoms with Crippen molar-refractivity contribution in [3.05, 3.63) is 0 Å². The maximum atomic E-state index is 9.30. The number of hydrogen-bond acceptors (Lipinski definition) is 4. The van der Waals surface area contributed by atoms with Gasteiger partial charge in [-0.05, 0) is 19.9 Å². The number of hydrogen-bond donors (Lipinski definition) is 4. The summed E-state index contributed by atoms with van der Waals surface area (Å²) in [6.45, 7) is 3.09. The van der Waals surface area contributed by atoms with Crippen LogP contribution in [0, 0.1) is 0 Å². The Hall–Kier alpha value is -0.160. The minimum Gasteiger partial charge on any atom is -0.392 e. The second kappa shape index (κ2) is 4.01. The van der Waals surface area contributed by atoms with Gasteiger partial charge in [-0.1, -0.05) is 0 Å². The summed E-state index contributed by atoms with van der Waals surface area (Å²) in [5, 5.41) is 24.3. The van der Waals surface area contributed by atoms with Gasteiger partial charge in [-0.25, -0.2) is 0 Å². The summed E-state index contributed by atoms with van der Waals surface area (Å²) in [6.07, 6.45) is 0.0836. The predicted octanol–water partition coefficient (Wildman–Crippen LogP) is -1.36. The van der Waals surface area contributed by atoms with E-state index in [2.05, 4.69) is 10.6 Å². The highest BCUT2D eigenvalue weighted by atomic mass is 16.3. The lowest BCUT2D eigenvalue weighted by Crippen LogP contribution is -2.46. The summed E-state index contributed by atoms with van der Waals surface area (Å²) in [5.74, 6) is 0. The molecule has 0 aromatic carbocycles. The van der Waals surface area contributed by atoms with Crippen LogP contribution in [0.15, 0.2) is 0 Å². The zero-order chi connectivity index (χ0) is 8.27. The van der Waals surface area contributed by atoms with E-state index in [9.17, 15) is 5.11 Å². The van der Waals surface area contributed by atoms with E-state index in [1.165, 1.54) is 0 Å². The first kappa shape index (κ1) is 8.93. The molecule has 1 rings (SSSR count). The SMILES string of the molecule is C[C@H](O)CNC1NCC[C@H]1O. The average Bonchev–Trinajstić information content (AvgIpc) is 2.31. The van der Waals surface area contributed by atoms with Crippen LogP contribution >= 0.6 is 0 Å². The number of aliphatic hydroxyl groups excluding tert-OH is 2. The van der Waals surface area contributed by atoms with Gasteiger partial charge in [0.15, 0.2) is 0 Å². The van der Waals surface area contributed by atoms with E-state index >= 15 is 0 Å². The molecule has 0 bridgehead atoms. The maximum absolute atomic E-state index is 9.30. The van der Waals surface area contributed by atoms with E-state index in [0.29, 0.717) is 6.54 Å². The monoisotopic (exact) mass is 160 g/mol. The smallest absolute Gasteiger partial charge is 0.0841 e. The van der Waals surface area contributed by atoms with Crippen LogP contribution in [0.5, 0.6) is 0 Å². The molecule has 1 saturated heterocycles. The van der Waals surface area contributed by atoms with Crippen molar-refractivity contribution in [2.45, 2.75) is 31.7 Å². The second-order valence-electron chi connectivity index (χ2n) is 3.05.